The van der Waals surface area contributed by atoms with Gasteiger partial charge >= 0.3 is 0 Å². The Kier molecular flexibility index (Phi) is 3.12. The fourth-order valence-electron chi connectivity index (χ4n) is 1.92. The molecular formula is C14H20O3Si. The van der Waals surface area contributed by atoms with E-state index in [9.17, 15) is 0 Å². The van der Waals surface area contributed by atoms with E-state index in [1.807, 2.05) is 13.8 Å². The maximum atomic E-state index is 5.84. The van der Waals surface area contributed by atoms with Gasteiger partial charge in [0.05, 0.1) is 6.61 Å². The largest absolute Gasteiger partial charge is 0.348 e. The second kappa shape index (κ2) is 4.11. The molecular weight excluding hydrogens is 244 g/mol. The van der Waals surface area contributed by atoms with Crippen LogP contribution in [0.4, 0.5) is 0 Å². The standard InChI is InChI=1S/C14H20O3Si/c1-7-11-14(17-11,8-9-18(4,5)6)12-10-15-13(2,3)16-12/h1,11-12H,10H2,2-6H3/t11-,12-,14+/m1/s1. The quantitative estimate of drug-likeness (QED) is 0.411. The second-order valence-electron chi connectivity index (χ2n) is 6.27. The first kappa shape index (κ1) is 13.6. The van der Waals surface area contributed by atoms with Gasteiger partial charge < -0.3 is 14.2 Å². The molecule has 0 amide bonds. The van der Waals surface area contributed by atoms with Crippen LogP contribution in [0.3, 0.4) is 0 Å². The van der Waals surface area contributed by atoms with Gasteiger partial charge in [0.25, 0.3) is 0 Å². The fraction of sp³-hybridized carbons (Fsp3) is 0.714. The van der Waals surface area contributed by atoms with Gasteiger partial charge in [-0.1, -0.05) is 31.5 Å². The molecule has 3 atom stereocenters. The molecule has 0 aromatic carbocycles. The third kappa shape index (κ3) is 2.63. The highest BCUT2D eigenvalue weighted by Gasteiger charge is 2.64. The van der Waals surface area contributed by atoms with Gasteiger partial charge in [0.2, 0.25) is 0 Å². The average molecular weight is 264 g/mol. The normalized spacial score (nSPS) is 37.6. The molecule has 0 N–H and O–H groups in total. The van der Waals surface area contributed by atoms with Crippen molar-refractivity contribution in [3.8, 4) is 23.8 Å². The molecule has 98 valence electrons. The third-order valence-corrected chi connectivity index (χ3v) is 3.79. The van der Waals surface area contributed by atoms with Crippen LogP contribution in [-0.4, -0.2) is 38.3 Å². The lowest BCUT2D eigenvalue weighted by atomic mass is 10.00. The molecule has 0 unspecified atom stereocenters. The van der Waals surface area contributed by atoms with E-state index in [-0.39, 0.29) is 12.2 Å². The Morgan fingerprint density at radius 3 is 2.28 bits per heavy atom. The highest BCUT2D eigenvalue weighted by Crippen LogP contribution is 2.44. The van der Waals surface area contributed by atoms with Crippen molar-refractivity contribution in [2.45, 2.75) is 57.1 Å². The predicted octanol–water partition coefficient (Wildman–Crippen LogP) is 1.79. The Labute approximate surface area is 110 Å². The van der Waals surface area contributed by atoms with Gasteiger partial charge in [0, 0.05) is 0 Å². The lowest BCUT2D eigenvalue weighted by Gasteiger charge is -2.19. The highest BCUT2D eigenvalue weighted by molar-refractivity contribution is 6.83. The zero-order valence-electron chi connectivity index (χ0n) is 11.7. The molecule has 0 radical (unpaired) electrons. The maximum Gasteiger partial charge on any atom is 0.195 e. The van der Waals surface area contributed by atoms with E-state index >= 15 is 0 Å². The summed E-state index contributed by atoms with van der Waals surface area (Å²) in [7, 11) is -1.46. The zero-order chi connectivity index (χ0) is 13.6. The molecule has 4 heteroatoms. The topological polar surface area (TPSA) is 31.0 Å². The number of rotatable bonds is 1. The van der Waals surface area contributed by atoms with Crippen molar-refractivity contribution < 1.29 is 14.2 Å². The van der Waals surface area contributed by atoms with Gasteiger partial charge in [-0.2, -0.15) is 0 Å². The van der Waals surface area contributed by atoms with Gasteiger partial charge in [0.1, 0.15) is 14.2 Å². The van der Waals surface area contributed by atoms with Crippen LogP contribution in [0.1, 0.15) is 13.8 Å². The average Bonchev–Trinajstić information content (AvgIpc) is 2.85. The summed E-state index contributed by atoms with van der Waals surface area (Å²) < 4.78 is 17.1. The van der Waals surface area contributed by atoms with Crippen LogP contribution in [0, 0.1) is 23.8 Å². The first-order chi connectivity index (χ1) is 8.19. The summed E-state index contributed by atoms with van der Waals surface area (Å²) in [5.74, 6) is 5.28. The van der Waals surface area contributed by atoms with Crippen molar-refractivity contribution in [3.05, 3.63) is 0 Å². The third-order valence-electron chi connectivity index (χ3n) is 2.92. The summed E-state index contributed by atoms with van der Waals surface area (Å²) in [4.78, 5) is 0. The monoisotopic (exact) mass is 264 g/mol. The minimum absolute atomic E-state index is 0.197. The van der Waals surface area contributed by atoms with Crippen molar-refractivity contribution in [1.82, 2.24) is 0 Å². The Bertz CT molecular complexity index is 446. The van der Waals surface area contributed by atoms with E-state index in [2.05, 4.69) is 37.0 Å². The molecule has 2 aliphatic rings. The molecule has 2 saturated heterocycles. The van der Waals surface area contributed by atoms with Crippen molar-refractivity contribution in [2.75, 3.05) is 6.61 Å². The van der Waals surface area contributed by atoms with Crippen LogP contribution >= 0.6 is 0 Å². The van der Waals surface area contributed by atoms with E-state index in [1.165, 1.54) is 0 Å². The molecule has 0 bridgehead atoms. The van der Waals surface area contributed by atoms with Crippen LogP contribution in [0.2, 0.25) is 19.6 Å². The molecule has 0 aliphatic carbocycles. The lowest BCUT2D eigenvalue weighted by molar-refractivity contribution is -0.143. The predicted molar refractivity (Wildman–Crippen MR) is 72.5 cm³/mol. The summed E-state index contributed by atoms with van der Waals surface area (Å²) in [6, 6.07) is 0. The van der Waals surface area contributed by atoms with Crippen LogP contribution in [0.5, 0.6) is 0 Å². The minimum Gasteiger partial charge on any atom is -0.348 e. The highest BCUT2D eigenvalue weighted by atomic mass is 28.3. The molecule has 2 heterocycles. The van der Waals surface area contributed by atoms with Crippen molar-refractivity contribution in [1.29, 1.82) is 0 Å². The minimum atomic E-state index is -1.46. The van der Waals surface area contributed by atoms with Crippen LogP contribution in [0.15, 0.2) is 0 Å². The van der Waals surface area contributed by atoms with Crippen LogP contribution in [-0.2, 0) is 14.2 Å². The second-order valence-corrected chi connectivity index (χ2v) is 11.0. The summed E-state index contributed by atoms with van der Waals surface area (Å²) in [5, 5.41) is 0. The van der Waals surface area contributed by atoms with Crippen molar-refractivity contribution in [2.24, 2.45) is 0 Å². The summed E-state index contributed by atoms with van der Waals surface area (Å²) >= 11 is 0. The Hall–Kier alpha value is -0.783. The Morgan fingerprint density at radius 1 is 1.22 bits per heavy atom. The number of epoxide rings is 1. The van der Waals surface area contributed by atoms with Crippen molar-refractivity contribution in [3.63, 3.8) is 0 Å². The number of hydrogen-bond donors (Lipinski definition) is 0. The molecule has 0 saturated carbocycles. The SMILES string of the molecule is C#C[C@H]1O[C@]1(C#C[Si](C)(C)C)[C@H]1COC(C)(C)O1. The lowest BCUT2D eigenvalue weighted by Crippen LogP contribution is -2.35. The molecule has 2 aliphatic heterocycles. The van der Waals surface area contributed by atoms with Crippen LogP contribution in [0.25, 0.3) is 0 Å². The fourth-order valence-corrected chi connectivity index (χ4v) is 2.49. The molecule has 0 aromatic heterocycles. The summed E-state index contributed by atoms with van der Waals surface area (Å²) in [5.41, 5.74) is 2.68. The first-order valence-corrected chi connectivity index (χ1v) is 9.69. The Balaban J connectivity index is 2.20. The first-order valence-electron chi connectivity index (χ1n) is 6.19. The smallest absolute Gasteiger partial charge is 0.195 e. The van der Waals surface area contributed by atoms with E-state index in [0.29, 0.717) is 6.61 Å². The molecule has 2 fully saturated rings. The summed E-state index contributed by atoms with van der Waals surface area (Å²) in [6.07, 6.45) is 4.99. The number of ether oxygens (including phenoxy) is 3. The number of terminal acetylenes is 1. The maximum absolute atomic E-state index is 5.84. The van der Waals surface area contributed by atoms with E-state index in [0.717, 1.165) is 0 Å². The summed E-state index contributed by atoms with van der Waals surface area (Å²) in [6.45, 7) is 10.8. The number of hydrogen-bond acceptors (Lipinski definition) is 3. The zero-order valence-corrected chi connectivity index (χ0v) is 12.7. The molecule has 3 nitrogen and oxygen atoms in total. The van der Waals surface area contributed by atoms with Gasteiger partial charge in [-0.05, 0) is 13.8 Å². The van der Waals surface area contributed by atoms with Gasteiger partial charge in [0.15, 0.2) is 17.5 Å². The molecule has 0 spiro atoms. The molecule has 18 heavy (non-hydrogen) atoms. The van der Waals surface area contributed by atoms with Gasteiger partial charge in [-0.15, -0.1) is 12.0 Å². The molecule has 2 rings (SSSR count). The van der Waals surface area contributed by atoms with Gasteiger partial charge in [-0.25, -0.2) is 0 Å². The van der Waals surface area contributed by atoms with E-state index in [1.54, 1.807) is 0 Å². The molecule has 0 aromatic rings. The van der Waals surface area contributed by atoms with Gasteiger partial charge in [-0.3, -0.25) is 0 Å². The van der Waals surface area contributed by atoms with Crippen molar-refractivity contribution >= 4 is 8.07 Å². The Morgan fingerprint density at radius 2 is 1.89 bits per heavy atom. The van der Waals surface area contributed by atoms with E-state index in [4.69, 9.17) is 20.6 Å². The van der Waals surface area contributed by atoms with Crippen LogP contribution < -0.4 is 0 Å². The van der Waals surface area contributed by atoms with E-state index < -0.39 is 19.5 Å².